The van der Waals surface area contributed by atoms with E-state index in [-0.39, 0.29) is 23.0 Å². The number of aromatic nitrogens is 3. The van der Waals surface area contributed by atoms with E-state index in [9.17, 15) is 4.39 Å². The fourth-order valence-corrected chi connectivity index (χ4v) is 1.78. The third-order valence-corrected chi connectivity index (χ3v) is 2.58. The van der Waals surface area contributed by atoms with Crippen LogP contribution in [0.15, 0.2) is 24.5 Å². The van der Waals surface area contributed by atoms with Crippen molar-refractivity contribution in [3.63, 3.8) is 0 Å². The van der Waals surface area contributed by atoms with Gasteiger partial charge in [0.1, 0.15) is 5.69 Å². The summed E-state index contributed by atoms with van der Waals surface area (Å²) in [7, 11) is 0. The number of rotatable bonds is 3. The fraction of sp³-hybridized carbons (Fsp3) is 0.333. The molecule has 0 aliphatic heterocycles. The average Bonchev–Trinajstić information content (AvgIpc) is 2.70. The van der Waals surface area contributed by atoms with Gasteiger partial charge in [-0.15, -0.1) is 11.6 Å². The van der Waals surface area contributed by atoms with Gasteiger partial charge in [-0.25, -0.2) is 4.39 Å². The molecule has 0 spiro atoms. The Morgan fingerprint density at radius 2 is 2.35 bits per heavy atom. The molecule has 17 heavy (non-hydrogen) atoms. The fourth-order valence-electron chi connectivity index (χ4n) is 1.62. The topological polar surface area (TPSA) is 30.7 Å². The Morgan fingerprint density at radius 1 is 1.59 bits per heavy atom. The molecule has 0 aliphatic carbocycles. The second-order valence-corrected chi connectivity index (χ2v) is 4.06. The zero-order valence-corrected chi connectivity index (χ0v) is 10.2. The van der Waals surface area contributed by atoms with Gasteiger partial charge in [0.15, 0.2) is 5.82 Å². The highest BCUT2D eigenvalue weighted by Gasteiger charge is 2.18. The van der Waals surface area contributed by atoms with Crippen molar-refractivity contribution < 1.29 is 7.13 Å². The molecular formula is C12H13ClFN3. The molecule has 0 aromatic carbocycles. The summed E-state index contributed by atoms with van der Waals surface area (Å²) in [6.45, 7) is 3.71. The lowest BCUT2D eigenvalue weighted by Crippen LogP contribution is -2.07. The third-order valence-electron chi connectivity index (χ3n) is 2.37. The van der Waals surface area contributed by atoms with E-state index in [1.807, 2.05) is 13.8 Å². The molecule has 0 atom stereocenters. The minimum absolute atomic E-state index is 0.0736. The number of pyridine rings is 1. The summed E-state index contributed by atoms with van der Waals surface area (Å²) in [4.78, 5) is 4.07. The van der Waals surface area contributed by atoms with Gasteiger partial charge in [-0.05, 0) is 25.5 Å². The van der Waals surface area contributed by atoms with Crippen molar-refractivity contribution in [2.45, 2.75) is 25.7 Å². The van der Waals surface area contributed by atoms with Crippen molar-refractivity contribution in [2.75, 3.05) is 0 Å². The van der Waals surface area contributed by atoms with E-state index < -0.39 is 11.6 Å². The summed E-state index contributed by atoms with van der Waals surface area (Å²) >= 11 is 5.71. The first-order chi connectivity index (χ1) is 8.82. The van der Waals surface area contributed by atoms with E-state index in [0.29, 0.717) is 0 Å². The quantitative estimate of drug-likeness (QED) is 0.787. The summed E-state index contributed by atoms with van der Waals surface area (Å²) in [5.74, 6) is -2.67. The molecule has 2 rings (SSSR count). The predicted octanol–water partition coefficient (Wildman–Crippen LogP) is 3.40. The van der Waals surface area contributed by atoms with Gasteiger partial charge >= 0.3 is 0 Å². The van der Waals surface area contributed by atoms with E-state index >= 15 is 0 Å². The van der Waals surface area contributed by atoms with Crippen LogP contribution in [-0.2, 0) is 5.83 Å². The normalized spacial score (nSPS) is 13.7. The molecule has 0 bridgehead atoms. The van der Waals surface area contributed by atoms with Crippen molar-refractivity contribution >= 4 is 11.6 Å². The molecule has 2 aromatic heterocycles. The minimum Gasteiger partial charge on any atom is -0.258 e. The van der Waals surface area contributed by atoms with Gasteiger partial charge in [0.25, 0.3) is 0 Å². The highest BCUT2D eigenvalue weighted by atomic mass is 35.5. The van der Waals surface area contributed by atoms with Gasteiger partial charge in [0.2, 0.25) is 0 Å². The molecule has 2 heterocycles. The van der Waals surface area contributed by atoms with Gasteiger partial charge in [-0.1, -0.05) is 6.07 Å². The maximum Gasteiger partial charge on any atom is 0.170 e. The molecule has 0 radical (unpaired) electrons. The van der Waals surface area contributed by atoms with E-state index in [1.165, 1.54) is 16.9 Å². The first-order valence-electron chi connectivity index (χ1n) is 6.20. The van der Waals surface area contributed by atoms with Crippen LogP contribution < -0.4 is 0 Å². The number of hydrogen-bond acceptors (Lipinski definition) is 2. The Hall–Kier alpha value is -1.42. The zero-order valence-electron chi connectivity index (χ0n) is 11.5. The van der Waals surface area contributed by atoms with Crippen LogP contribution in [0.5, 0.6) is 0 Å². The molecule has 0 fully saturated rings. The highest BCUT2D eigenvalue weighted by Crippen LogP contribution is 2.27. The van der Waals surface area contributed by atoms with Crippen molar-refractivity contribution in [1.82, 2.24) is 14.8 Å². The molecule has 0 amide bonds. The molecule has 0 saturated carbocycles. The van der Waals surface area contributed by atoms with Crippen LogP contribution in [0.2, 0.25) is 0 Å². The maximum absolute atomic E-state index is 13.9. The monoisotopic (exact) mass is 255 g/mol. The molecule has 0 N–H and O–H groups in total. The van der Waals surface area contributed by atoms with Gasteiger partial charge in [-0.2, -0.15) is 5.10 Å². The second kappa shape index (κ2) is 4.84. The van der Waals surface area contributed by atoms with E-state index in [2.05, 4.69) is 10.1 Å². The molecule has 0 unspecified atom stereocenters. The maximum atomic E-state index is 13.9. The van der Waals surface area contributed by atoms with E-state index in [4.69, 9.17) is 14.3 Å². The Labute approximate surface area is 107 Å². The Bertz CT molecular complexity index is 593. The molecular weight excluding hydrogens is 241 g/mol. The van der Waals surface area contributed by atoms with Crippen LogP contribution in [0.3, 0.4) is 0 Å². The van der Waals surface area contributed by atoms with Crippen LogP contribution in [0, 0.1) is 5.82 Å². The van der Waals surface area contributed by atoms with E-state index in [1.54, 1.807) is 6.07 Å². The van der Waals surface area contributed by atoms with Crippen molar-refractivity contribution in [2.24, 2.45) is 0 Å². The van der Waals surface area contributed by atoms with Crippen LogP contribution in [0.4, 0.5) is 4.39 Å². The lowest BCUT2D eigenvalue weighted by molar-refractivity contribution is 0.533. The summed E-state index contributed by atoms with van der Waals surface area (Å²) < 4.78 is 30.6. The lowest BCUT2D eigenvalue weighted by Gasteiger charge is -2.12. The van der Waals surface area contributed by atoms with E-state index in [0.717, 1.165) is 6.20 Å². The van der Waals surface area contributed by atoms with Crippen LogP contribution >= 0.6 is 11.6 Å². The van der Waals surface area contributed by atoms with Crippen LogP contribution in [-0.4, -0.2) is 14.8 Å². The number of alkyl halides is 1. The number of halogens is 2. The van der Waals surface area contributed by atoms with Crippen LogP contribution in [0.25, 0.3) is 11.4 Å². The van der Waals surface area contributed by atoms with Crippen molar-refractivity contribution in [3.8, 4) is 11.4 Å². The van der Waals surface area contributed by atoms with Gasteiger partial charge in [0, 0.05) is 20.8 Å². The summed E-state index contributed by atoms with van der Waals surface area (Å²) in [6.07, 6.45) is 2.57. The third kappa shape index (κ3) is 2.17. The van der Waals surface area contributed by atoms with Gasteiger partial charge < -0.3 is 0 Å². The smallest absolute Gasteiger partial charge is 0.170 e. The van der Waals surface area contributed by atoms with Gasteiger partial charge in [0.05, 0.1) is 11.9 Å². The standard InChI is InChI=1S/C12H13ClFN3/c1-8(2)17-12(10(14)7-16-17)11-9(6-13)4-3-5-15-11/h3-5,7-8H,6H2,1-2H3/i6D2. The molecule has 2 aromatic rings. The zero-order chi connectivity index (χ0) is 14.2. The molecule has 5 heteroatoms. The molecule has 0 aliphatic rings. The lowest BCUT2D eigenvalue weighted by atomic mass is 10.1. The Morgan fingerprint density at radius 3 is 3.00 bits per heavy atom. The largest absolute Gasteiger partial charge is 0.258 e. The average molecular weight is 256 g/mol. The Kier molecular flexibility index (Phi) is 2.73. The molecule has 0 saturated heterocycles. The summed E-state index contributed by atoms with van der Waals surface area (Å²) in [5.41, 5.74) is 0.444. The van der Waals surface area contributed by atoms with Crippen LogP contribution in [0.1, 0.15) is 28.2 Å². The summed E-state index contributed by atoms with van der Waals surface area (Å²) in [6, 6.07) is 2.98. The van der Waals surface area contributed by atoms with Gasteiger partial charge in [-0.3, -0.25) is 9.67 Å². The first kappa shape index (κ1) is 9.59. The number of nitrogens with zero attached hydrogens (tertiary/aromatic N) is 3. The van der Waals surface area contributed by atoms with Crippen molar-refractivity contribution in [1.29, 1.82) is 0 Å². The second-order valence-electron chi connectivity index (χ2n) is 3.87. The Balaban J connectivity index is 2.70. The SMILES string of the molecule is [2H]C([2H])(Cl)c1cccnc1-c1c(F)cnn1C(C)C. The number of hydrogen-bond donors (Lipinski definition) is 0. The van der Waals surface area contributed by atoms with Crippen molar-refractivity contribution in [3.05, 3.63) is 35.9 Å². The highest BCUT2D eigenvalue weighted by molar-refractivity contribution is 6.17. The summed E-state index contributed by atoms with van der Waals surface area (Å²) in [5, 5.41) is 3.95. The predicted molar refractivity (Wildman–Crippen MR) is 65.4 cm³/mol. The minimum atomic E-state index is -2.12. The first-order valence-corrected chi connectivity index (χ1v) is 5.58. The molecule has 90 valence electrons. The molecule has 3 nitrogen and oxygen atoms in total.